The summed E-state index contributed by atoms with van der Waals surface area (Å²) in [5.41, 5.74) is 3.52. The molecule has 0 radical (unpaired) electrons. The largest absolute Gasteiger partial charge is 0.322 e. The van der Waals surface area contributed by atoms with Crippen molar-refractivity contribution in [2.45, 2.75) is 12.5 Å². The van der Waals surface area contributed by atoms with Gasteiger partial charge in [-0.1, -0.05) is 78.3 Å². The molecule has 3 aromatic carbocycles. The molecule has 0 saturated heterocycles. The van der Waals surface area contributed by atoms with Crippen LogP contribution in [0.4, 0.5) is 0 Å². The van der Waals surface area contributed by atoms with Gasteiger partial charge in [-0.25, -0.2) is 0 Å². The van der Waals surface area contributed by atoms with Crippen molar-refractivity contribution in [1.29, 1.82) is 5.26 Å². The predicted octanol–water partition coefficient (Wildman–Crippen LogP) is 5.15. The number of rotatable bonds is 5. The second-order valence-corrected chi connectivity index (χ2v) is 7.35. The highest BCUT2D eigenvalue weighted by Gasteiger charge is 2.15. The van der Waals surface area contributed by atoms with Crippen LogP contribution in [0, 0.1) is 11.3 Å². The maximum absolute atomic E-state index is 12.6. The number of aliphatic imine (C=N–C) groups is 1. The fourth-order valence-electron chi connectivity index (χ4n) is 3.36. The predicted molar refractivity (Wildman–Crippen MR) is 121 cm³/mol. The Hall–Kier alpha value is -3.68. The fourth-order valence-corrected chi connectivity index (χ4v) is 3.53. The van der Waals surface area contributed by atoms with Crippen LogP contribution in [0.1, 0.15) is 16.7 Å². The standard InChI is InChI=1S/C25H18ClN3O/c26-21-12-11-19-13-20(25(30)29-23(19)15-21)14-22(16-27)28-24(17-7-3-1-4-8-17)18-9-5-2-6-10-18/h1-13,15,22H,14H2,(H,29,30). The molecule has 1 unspecified atom stereocenters. The molecule has 4 aromatic rings. The van der Waals surface area contributed by atoms with Crippen molar-refractivity contribution >= 4 is 28.2 Å². The SMILES string of the molecule is N#CC(Cc1cc2ccc(Cl)cc2[nH]c1=O)N=C(c1ccccc1)c1ccccc1. The van der Waals surface area contributed by atoms with Crippen molar-refractivity contribution in [3.63, 3.8) is 0 Å². The van der Waals surface area contributed by atoms with E-state index in [9.17, 15) is 10.1 Å². The van der Waals surface area contributed by atoms with Crippen LogP contribution in [-0.4, -0.2) is 16.7 Å². The van der Waals surface area contributed by atoms with Gasteiger partial charge in [0.15, 0.2) is 0 Å². The van der Waals surface area contributed by atoms with Gasteiger partial charge in [0, 0.05) is 33.7 Å². The number of nitrogens with zero attached hydrogens (tertiary/aromatic N) is 2. The number of benzene rings is 3. The van der Waals surface area contributed by atoms with Crippen molar-refractivity contribution in [3.8, 4) is 6.07 Å². The molecule has 1 aromatic heterocycles. The summed E-state index contributed by atoms with van der Waals surface area (Å²) in [5, 5.41) is 11.2. The lowest BCUT2D eigenvalue weighted by atomic mass is 10.0. The lowest BCUT2D eigenvalue weighted by Gasteiger charge is -2.11. The summed E-state index contributed by atoms with van der Waals surface area (Å²) in [5.74, 6) is 0. The van der Waals surface area contributed by atoms with Crippen LogP contribution >= 0.6 is 11.6 Å². The first-order valence-corrected chi connectivity index (χ1v) is 9.91. The number of nitrogens with one attached hydrogen (secondary N) is 1. The van der Waals surface area contributed by atoms with E-state index in [1.165, 1.54) is 0 Å². The van der Waals surface area contributed by atoms with Crippen molar-refractivity contribution in [2.24, 2.45) is 4.99 Å². The van der Waals surface area contributed by atoms with Crippen LogP contribution in [0.15, 0.2) is 94.7 Å². The Balaban J connectivity index is 1.74. The molecule has 0 amide bonds. The number of nitriles is 1. The number of aromatic nitrogens is 1. The molecule has 1 heterocycles. The zero-order valence-electron chi connectivity index (χ0n) is 16.0. The molecule has 0 saturated carbocycles. The maximum Gasteiger partial charge on any atom is 0.251 e. The lowest BCUT2D eigenvalue weighted by molar-refractivity contribution is 0.816. The monoisotopic (exact) mass is 411 g/mol. The molecule has 1 N–H and O–H groups in total. The summed E-state index contributed by atoms with van der Waals surface area (Å²) in [7, 11) is 0. The molecule has 4 rings (SSSR count). The van der Waals surface area contributed by atoms with Crippen molar-refractivity contribution in [2.75, 3.05) is 0 Å². The molecule has 0 aliphatic carbocycles. The number of hydrogen-bond donors (Lipinski definition) is 1. The zero-order valence-corrected chi connectivity index (χ0v) is 16.8. The van der Waals surface area contributed by atoms with Crippen molar-refractivity contribution in [3.05, 3.63) is 117 Å². The maximum atomic E-state index is 12.6. The molecule has 146 valence electrons. The quantitative estimate of drug-likeness (QED) is 0.461. The van der Waals surface area contributed by atoms with E-state index in [2.05, 4.69) is 11.1 Å². The zero-order chi connectivity index (χ0) is 20.9. The molecule has 0 spiro atoms. The van der Waals surface area contributed by atoms with Gasteiger partial charge in [-0.2, -0.15) is 5.26 Å². The Morgan fingerprint density at radius 3 is 2.20 bits per heavy atom. The molecule has 0 bridgehead atoms. The van der Waals surface area contributed by atoms with Gasteiger partial charge in [0.25, 0.3) is 5.56 Å². The van der Waals surface area contributed by atoms with Gasteiger partial charge < -0.3 is 4.98 Å². The smallest absolute Gasteiger partial charge is 0.251 e. The lowest BCUT2D eigenvalue weighted by Crippen LogP contribution is -2.19. The van der Waals surface area contributed by atoms with Gasteiger partial charge in [-0.3, -0.25) is 9.79 Å². The summed E-state index contributed by atoms with van der Waals surface area (Å²) in [4.78, 5) is 20.2. The van der Waals surface area contributed by atoms with Crippen molar-refractivity contribution in [1.82, 2.24) is 4.98 Å². The molecular formula is C25H18ClN3O. The number of halogens is 1. The highest BCUT2D eigenvalue weighted by Crippen LogP contribution is 2.18. The van der Waals surface area contributed by atoms with Gasteiger partial charge in [0.2, 0.25) is 0 Å². The molecule has 5 heteroatoms. The van der Waals surface area contributed by atoms with E-state index in [4.69, 9.17) is 16.6 Å². The summed E-state index contributed by atoms with van der Waals surface area (Å²) >= 11 is 6.01. The minimum Gasteiger partial charge on any atom is -0.322 e. The van der Waals surface area contributed by atoms with Gasteiger partial charge in [-0.15, -0.1) is 0 Å². The Morgan fingerprint density at radius 2 is 1.60 bits per heavy atom. The van der Waals surface area contributed by atoms with Crippen LogP contribution in [0.25, 0.3) is 10.9 Å². The summed E-state index contributed by atoms with van der Waals surface area (Å²) in [6, 6.07) is 28.2. The van der Waals surface area contributed by atoms with Crippen LogP contribution in [0.2, 0.25) is 5.02 Å². The van der Waals surface area contributed by atoms with E-state index in [1.54, 1.807) is 18.2 Å². The molecule has 0 aliphatic rings. The topological polar surface area (TPSA) is 69.0 Å². The van der Waals surface area contributed by atoms with Gasteiger partial charge in [-0.05, 0) is 23.6 Å². The van der Waals surface area contributed by atoms with Crippen molar-refractivity contribution < 1.29 is 0 Å². The fraction of sp³-hybridized carbons (Fsp3) is 0.0800. The van der Waals surface area contributed by atoms with Gasteiger partial charge >= 0.3 is 0 Å². The normalized spacial score (nSPS) is 11.6. The highest BCUT2D eigenvalue weighted by molar-refractivity contribution is 6.31. The molecule has 4 nitrogen and oxygen atoms in total. The number of fused-ring (bicyclic) bond motifs is 1. The number of hydrogen-bond acceptors (Lipinski definition) is 3. The third kappa shape index (κ3) is 4.32. The van der Waals surface area contributed by atoms with E-state index < -0.39 is 6.04 Å². The van der Waals surface area contributed by atoms with E-state index in [-0.39, 0.29) is 12.0 Å². The van der Waals surface area contributed by atoms with Crippen LogP contribution in [-0.2, 0) is 6.42 Å². The molecule has 30 heavy (non-hydrogen) atoms. The minimum absolute atomic E-state index is 0.216. The molecule has 1 atom stereocenters. The number of aromatic amines is 1. The second-order valence-electron chi connectivity index (χ2n) is 6.91. The average Bonchev–Trinajstić information content (AvgIpc) is 2.78. The first kappa shape index (κ1) is 19.6. The third-order valence-corrected chi connectivity index (χ3v) is 5.06. The first-order chi connectivity index (χ1) is 14.6. The molecule has 0 aliphatic heterocycles. The van der Waals surface area contributed by atoms with Crippen LogP contribution < -0.4 is 5.56 Å². The molecule has 0 fully saturated rings. The number of H-pyrrole nitrogens is 1. The molecular weight excluding hydrogens is 394 g/mol. The Bertz CT molecular complexity index is 1260. The van der Waals surface area contributed by atoms with E-state index in [0.717, 1.165) is 22.2 Å². The first-order valence-electron chi connectivity index (χ1n) is 9.54. The highest BCUT2D eigenvalue weighted by atomic mass is 35.5. The number of pyridine rings is 1. The van der Waals surface area contributed by atoms with E-state index in [0.29, 0.717) is 16.1 Å². The average molecular weight is 412 g/mol. The van der Waals surface area contributed by atoms with Crippen LogP contribution in [0.3, 0.4) is 0 Å². The minimum atomic E-state index is -0.703. The van der Waals surface area contributed by atoms with E-state index >= 15 is 0 Å². The summed E-state index contributed by atoms with van der Waals surface area (Å²) in [6.07, 6.45) is 0.216. The van der Waals surface area contributed by atoms with Gasteiger partial charge in [0.1, 0.15) is 6.04 Å². The Kier molecular flexibility index (Phi) is 5.74. The summed E-state index contributed by atoms with van der Waals surface area (Å²) < 4.78 is 0. The van der Waals surface area contributed by atoms with Crippen LogP contribution in [0.5, 0.6) is 0 Å². The Morgan fingerprint density at radius 1 is 0.967 bits per heavy atom. The van der Waals surface area contributed by atoms with Gasteiger partial charge in [0.05, 0.1) is 11.8 Å². The summed E-state index contributed by atoms with van der Waals surface area (Å²) in [6.45, 7) is 0. The van der Waals surface area contributed by atoms with E-state index in [1.807, 2.05) is 66.7 Å². The third-order valence-electron chi connectivity index (χ3n) is 4.83. The second kappa shape index (κ2) is 8.77. The Labute approximate surface area is 179 Å².